The Balaban J connectivity index is 1.71. The molecule has 1 saturated heterocycles. The Bertz CT molecular complexity index is 804. The summed E-state index contributed by atoms with van der Waals surface area (Å²) in [6.07, 6.45) is 0.611. The predicted octanol–water partition coefficient (Wildman–Crippen LogP) is 1.85. The minimum Gasteiger partial charge on any atom is -0.438 e. The topological polar surface area (TPSA) is 92.7 Å². The van der Waals surface area contributed by atoms with Gasteiger partial charge >= 0.3 is 0 Å². The largest absolute Gasteiger partial charge is 0.438 e. The summed E-state index contributed by atoms with van der Waals surface area (Å²) in [7, 11) is -3.65. The first-order valence-corrected chi connectivity index (χ1v) is 9.99. The molecule has 3 rings (SSSR count). The Morgan fingerprint density at radius 2 is 1.84 bits per heavy atom. The van der Waals surface area contributed by atoms with Crippen LogP contribution in [0.4, 0.5) is 0 Å². The predicted molar refractivity (Wildman–Crippen MR) is 91.4 cm³/mol. The van der Waals surface area contributed by atoms with E-state index in [1.165, 1.54) is 10.4 Å². The molecule has 2 aromatic heterocycles. The number of hydrogen-bond acceptors (Lipinski definition) is 7. The Morgan fingerprint density at radius 3 is 2.44 bits per heavy atom. The van der Waals surface area contributed by atoms with Crippen molar-refractivity contribution in [3.05, 3.63) is 18.0 Å². The molecule has 138 valence electrons. The van der Waals surface area contributed by atoms with E-state index in [1.807, 2.05) is 6.92 Å². The summed E-state index contributed by atoms with van der Waals surface area (Å²) >= 11 is 0. The Labute approximate surface area is 147 Å². The molecule has 0 spiro atoms. The van der Waals surface area contributed by atoms with Gasteiger partial charge in [-0.2, -0.15) is 4.31 Å². The average molecular weight is 368 g/mol. The molecule has 1 aliphatic heterocycles. The Morgan fingerprint density at radius 1 is 1.12 bits per heavy atom. The molecule has 0 N–H and O–H groups in total. The van der Waals surface area contributed by atoms with Crippen molar-refractivity contribution >= 4 is 10.0 Å². The van der Waals surface area contributed by atoms with Crippen LogP contribution >= 0.6 is 0 Å². The highest BCUT2D eigenvalue weighted by Crippen LogP contribution is 2.26. The first-order chi connectivity index (χ1) is 11.9. The highest BCUT2D eigenvalue weighted by Gasteiger charge is 2.31. The summed E-state index contributed by atoms with van der Waals surface area (Å²) in [5.41, 5.74) is 0. The van der Waals surface area contributed by atoms with Crippen LogP contribution in [-0.4, -0.2) is 60.5 Å². The monoisotopic (exact) mass is 368 g/mol. The first-order valence-electron chi connectivity index (χ1n) is 8.55. The number of hydrogen-bond donors (Lipinski definition) is 0. The molecule has 8 nitrogen and oxygen atoms in total. The van der Waals surface area contributed by atoms with Crippen molar-refractivity contribution in [2.24, 2.45) is 5.92 Å². The molecule has 1 aliphatic rings. The normalized spacial score (nSPS) is 17.4. The molecule has 0 aromatic carbocycles. The highest BCUT2D eigenvalue weighted by molar-refractivity contribution is 7.89. The van der Waals surface area contributed by atoms with Crippen LogP contribution in [0.25, 0.3) is 11.7 Å². The molecule has 0 saturated carbocycles. The standard InChI is InChI=1S/C16H24N4O4S/c1-4-14-17-18-16(24-14)13-5-6-15(23-13)25(21,22)20-9-7-19(8-10-20)11-12(2)3/h5-6,12H,4,7-11H2,1-3H3. The van der Waals surface area contributed by atoms with Crippen molar-refractivity contribution in [3.8, 4) is 11.7 Å². The smallest absolute Gasteiger partial charge is 0.283 e. The van der Waals surface area contributed by atoms with E-state index in [0.717, 1.165) is 19.6 Å². The SMILES string of the molecule is CCc1nnc(-c2ccc(S(=O)(=O)N3CCN(CC(C)C)CC3)o2)o1. The van der Waals surface area contributed by atoms with Gasteiger partial charge in [0.25, 0.3) is 15.9 Å². The van der Waals surface area contributed by atoms with Gasteiger partial charge < -0.3 is 13.7 Å². The van der Waals surface area contributed by atoms with Crippen molar-refractivity contribution in [2.45, 2.75) is 32.3 Å². The van der Waals surface area contributed by atoms with Crippen LogP contribution in [-0.2, 0) is 16.4 Å². The Kier molecular flexibility index (Phi) is 5.26. The lowest BCUT2D eigenvalue weighted by atomic mass is 10.2. The van der Waals surface area contributed by atoms with Gasteiger partial charge in [-0.25, -0.2) is 8.42 Å². The van der Waals surface area contributed by atoms with E-state index in [1.54, 1.807) is 6.07 Å². The molecule has 0 aliphatic carbocycles. The molecule has 1 fully saturated rings. The summed E-state index contributed by atoms with van der Waals surface area (Å²) in [4.78, 5) is 2.29. The van der Waals surface area contributed by atoms with Crippen molar-refractivity contribution in [3.63, 3.8) is 0 Å². The molecule has 3 heterocycles. The highest BCUT2D eigenvalue weighted by atomic mass is 32.2. The van der Waals surface area contributed by atoms with E-state index >= 15 is 0 Å². The summed E-state index contributed by atoms with van der Waals surface area (Å²) in [6, 6.07) is 3.00. The van der Waals surface area contributed by atoms with E-state index in [4.69, 9.17) is 8.83 Å². The van der Waals surface area contributed by atoms with Crippen LogP contribution in [0.15, 0.2) is 26.1 Å². The van der Waals surface area contributed by atoms with Crippen molar-refractivity contribution in [1.29, 1.82) is 0 Å². The number of piperazine rings is 1. The maximum Gasteiger partial charge on any atom is 0.283 e. The third-order valence-electron chi connectivity index (χ3n) is 4.11. The van der Waals surface area contributed by atoms with Gasteiger partial charge in [0.15, 0.2) is 5.76 Å². The second kappa shape index (κ2) is 7.27. The van der Waals surface area contributed by atoms with Crippen LogP contribution in [0.2, 0.25) is 0 Å². The zero-order valence-electron chi connectivity index (χ0n) is 14.8. The van der Waals surface area contributed by atoms with E-state index in [9.17, 15) is 8.42 Å². The summed E-state index contributed by atoms with van der Waals surface area (Å²) < 4.78 is 37.9. The maximum absolute atomic E-state index is 12.8. The zero-order chi connectivity index (χ0) is 18.0. The second-order valence-corrected chi connectivity index (χ2v) is 8.44. The molecule has 9 heteroatoms. The molecule has 0 radical (unpaired) electrons. The molecule has 0 bridgehead atoms. The van der Waals surface area contributed by atoms with Gasteiger partial charge in [-0.1, -0.05) is 20.8 Å². The van der Waals surface area contributed by atoms with Gasteiger partial charge in [0, 0.05) is 39.1 Å². The van der Waals surface area contributed by atoms with Crippen molar-refractivity contribution in [2.75, 3.05) is 32.7 Å². The van der Waals surface area contributed by atoms with E-state index < -0.39 is 10.0 Å². The molecule has 0 amide bonds. The fourth-order valence-corrected chi connectivity index (χ4v) is 4.20. The molecular weight excluding hydrogens is 344 g/mol. The van der Waals surface area contributed by atoms with Crippen LogP contribution in [0.1, 0.15) is 26.7 Å². The number of sulfonamides is 1. The second-order valence-electron chi connectivity index (χ2n) is 6.57. The van der Waals surface area contributed by atoms with Crippen molar-refractivity contribution < 1.29 is 17.3 Å². The molecule has 0 unspecified atom stereocenters. The number of furan rings is 1. The van der Waals surface area contributed by atoms with Crippen LogP contribution in [0.5, 0.6) is 0 Å². The summed E-state index contributed by atoms with van der Waals surface area (Å²) in [5.74, 6) is 1.51. The molecular formula is C16H24N4O4S. The third kappa shape index (κ3) is 3.94. The van der Waals surface area contributed by atoms with Gasteiger partial charge in [-0.05, 0) is 18.1 Å². The van der Waals surface area contributed by atoms with Crippen LogP contribution in [0, 0.1) is 5.92 Å². The Hall–Kier alpha value is -1.71. The summed E-state index contributed by atoms with van der Waals surface area (Å²) in [6.45, 7) is 9.59. The summed E-state index contributed by atoms with van der Waals surface area (Å²) in [5, 5.41) is 7.65. The fourth-order valence-electron chi connectivity index (χ4n) is 2.87. The van der Waals surface area contributed by atoms with Gasteiger partial charge in [0.05, 0.1) is 0 Å². The first kappa shape index (κ1) is 18.1. The van der Waals surface area contributed by atoms with Crippen LogP contribution < -0.4 is 0 Å². The minimum absolute atomic E-state index is 0.0870. The minimum atomic E-state index is -3.65. The lowest BCUT2D eigenvalue weighted by molar-refractivity contribution is 0.171. The molecule has 25 heavy (non-hydrogen) atoms. The third-order valence-corrected chi connectivity index (χ3v) is 5.88. The maximum atomic E-state index is 12.8. The van der Waals surface area contributed by atoms with E-state index in [2.05, 4.69) is 28.9 Å². The average Bonchev–Trinajstić information content (AvgIpc) is 3.24. The number of aryl methyl sites for hydroxylation is 1. The van der Waals surface area contributed by atoms with E-state index in [-0.39, 0.29) is 16.7 Å². The van der Waals surface area contributed by atoms with Gasteiger partial charge in [0.2, 0.25) is 11.0 Å². The van der Waals surface area contributed by atoms with E-state index in [0.29, 0.717) is 31.3 Å². The number of aromatic nitrogens is 2. The lowest BCUT2D eigenvalue weighted by Crippen LogP contribution is -2.49. The van der Waals surface area contributed by atoms with Gasteiger partial charge in [-0.15, -0.1) is 10.2 Å². The molecule has 2 aromatic rings. The van der Waals surface area contributed by atoms with Gasteiger partial charge in [-0.3, -0.25) is 0 Å². The van der Waals surface area contributed by atoms with Gasteiger partial charge in [0.1, 0.15) is 0 Å². The van der Waals surface area contributed by atoms with Crippen LogP contribution in [0.3, 0.4) is 0 Å². The fraction of sp³-hybridized carbons (Fsp3) is 0.625. The van der Waals surface area contributed by atoms with Crippen molar-refractivity contribution in [1.82, 2.24) is 19.4 Å². The lowest BCUT2D eigenvalue weighted by Gasteiger charge is -2.34. The quantitative estimate of drug-likeness (QED) is 0.768. The molecule has 0 atom stereocenters. The number of rotatable bonds is 6. The number of nitrogens with zero attached hydrogens (tertiary/aromatic N) is 4. The zero-order valence-corrected chi connectivity index (χ0v) is 15.6.